The van der Waals surface area contributed by atoms with E-state index in [-0.39, 0.29) is 12.2 Å². The Kier molecular flexibility index (Phi) is 3.93. The van der Waals surface area contributed by atoms with Gasteiger partial charge in [-0.05, 0) is 42.8 Å². The van der Waals surface area contributed by atoms with Crippen molar-refractivity contribution in [1.29, 1.82) is 0 Å². The molecule has 0 N–H and O–H groups in total. The summed E-state index contributed by atoms with van der Waals surface area (Å²) in [5.41, 5.74) is -1.86. The van der Waals surface area contributed by atoms with Gasteiger partial charge in [0.05, 0.1) is 13.7 Å². The summed E-state index contributed by atoms with van der Waals surface area (Å²) >= 11 is 0. The Morgan fingerprint density at radius 3 is 2.50 bits per heavy atom. The first kappa shape index (κ1) is 14.3. The molecule has 0 fully saturated rings. The van der Waals surface area contributed by atoms with Crippen LogP contribution in [0.25, 0.3) is 10.8 Å². The highest BCUT2D eigenvalue weighted by molar-refractivity contribution is 5.87. The highest BCUT2D eigenvalue weighted by atomic mass is 19.1. The third-order valence-corrected chi connectivity index (χ3v) is 3.25. The molecule has 20 heavy (non-hydrogen) atoms. The molecule has 0 amide bonds. The zero-order valence-corrected chi connectivity index (χ0v) is 11.8. The third kappa shape index (κ3) is 2.59. The number of hydrogen-bond donors (Lipinski definition) is 0. The molecular formula is C16H17FO3. The van der Waals surface area contributed by atoms with E-state index in [0.717, 1.165) is 16.5 Å². The van der Waals surface area contributed by atoms with Gasteiger partial charge in [0.25, 0.3) is 0 Å². The predicted molar refractivity (Wildman–Crippen MR) is 75.6 cm³/mol. The van der Waals surface area contributed by atoms with Gasteiger partial charge in [0.1, 0.15) is 5.75 Å². The second-order valence-electron chi connectivity index (χ2n) is 4.65. The first-order valence-electron chi connectivity index (χ1n) is 6.43. The molecule has 0 saturated carbocycles. The fraction of sp³-hybridized carbons (Fsp3) is 0.312. The van der Waals surface area contributed by atoms with E-state index in [2.05, 4.69) is 0 Å². The summed E-state index contributed by atoms with van der Waals surface area (Å²) in [5, 5.41) is 1.77. The van der Waals surface area contributed by atoms with Crippen LogP contribution in [0.2, 0.25) is 0 Å². The smallest absolute Gasteiger partial charge is 0.348 e. The summed E-state index contributed by atoms with van der Waals surface area (Å²) in [6.45, 7) is 3.03. The number of halogens is 1. The second kappa shape index (κ2) is 5.49. The third-order valence-electron chi connectivity index (χ3n) is 3.25. The molecule has 106 valence electrons. The molecule has 2 rings (SSSR count). The minimum absolute atomic E-state index is 0.156. The van der Waals surface area contributed by atoms with Gasteiger partial charge in [0, 0.05) is 5.56 Å². The van der Waals surface area contributed by atoms with Gasteiger partial charge in [0.2, 0.25) is 5.67 Å². The van der Waals surface area contributed by atoms with Gasteiger partial charge in [0.15, 0.2) is 0 Å². The van der Waals surface area contributed by atoms with Crippen LogP contribution in [-0.4, -0.2) is 19.7 Å². The molecule has 0 spiro atoms. The van der Waals surface area contributed by atoms with Crippen LogP contribution in [0.3, 0.4) is 0 Å². The number of carbonyl (C=O) groups is 1. The summed E-state index contributed by atoms with van der Waals surface area (Å²) < 4.78 is 24.5. The Hall–Kier alpha value is -2.10. The summed E-state index contributed by atoms with van der Waals surface area (Å²) in [5.74, 6) is -0.133. The first-order valence-corrected chi connectivity index (χ1v) is 6.43. The number of fused-ring (bicyclic) bond motifs is 1. The molecule has 0 aliphatic rings. The van der Waals surface area contributed by atoms with Crippen LogP contribution in [0, 0.1) is 0 Å². The van der Waals surface area contributed by atoms with E-state index >= 15 is 0 Å². The van der Waals surface area contributed by atoms with E-state index in [4.69, 9.17) is 9.47 Å². The minimum atomic E-state index is -2.15. The molecule has 0 aromatic heterocycles. The van der Waals surface area contributed by atoms with Crippen molar-refractivity contribution in [3.05, 3.63) is 42.0 Å². The van der Waals surface area contributed by atoms with Crippen molar-refractivity contribution in [3.63, 3.8) is 0 Å². The lowest BCUT2D eigenvalue weighted by molar-refractivity contribution is -0.156. The van der Waals surface area contributed by atoms with Crippen LogP contribution in [0.1, 0.15) is 19.4 Å². The van der Waals surface area contributed by atoms with Crippen molar-refractivity contribution in [1.82, 2.24) is 0 Å². The lowest BCUT2D eigenvalue weighted by Crippen LogP contribution is -2.29. The van der Waals surface area contributed by atoms with Gasteiger partial charge >= 0.3 is 5.97 Å². The second-order valence-corrected chi connectivity index (χ2v) is 4.65. The molecule has 0 unspecified atom stereocenters. The highest BCUT2D eigenvalue weighted by Crippen LogP contribution is 2.31. The Morgan fingerprint density at radius 1 is 1.20 bits per heavy atom. The van der Waals surface area contributed by atoms with Crippen LogP contribution in [0.4, 0.5) is 4.39 Å². The zero-order valence-electron chi connectivity index (χ0n) is 11.8. The van der Waals surface area contributed by atoms with Gasteiger partial charge in [-0.2, -0.15) is 0 Å². The molecule has 0 aliphatic carbocycles. The first-order chi connectivity index (χ1) is 9.48. The number of hydrogen-bond acceptors (Lipinski definition) is 3. The molecule has 2 aromatic carbocycles. The topological polar surface area (TPSA) is 35.5 Å². The lowest BCUT2D eigenvalue weighted by atomic mass is 9.95. The number of carbonyl (C=O) groups excluding carboxylic acids is 1. The zero-order chi connectivity index (χ0) is 14.8. The molecule has 0 saturated heterocycles. The van der Waals surface area contributed by atoms with Gasteiger partial charge in [-0.1, -0.05) is 18.2 Å². The Bertz CT molecular complexity index is 635. The summed E-state index contributed by atoms with van der Waals surface area (Å²) in [6, 6.07) is 10.5. The van der Waals surface area contributed by atoms with Gasteiger partial charge < -0.3 is 9.47 Å². The van der Waals surface area contributed by atoms with Crippen LogP contribution in [0.5, 0.6) is 5.75 Å². The van der Waals surface area contributed by atoms with Crippen LogP contribution in [-0.2, 0) is 15.2 Å². The number of ether oxygens (including phenoxy) is 2. The molecule has 0 radical (unpaired) electrons. The predicted octanol–water partition coefficient (Wildman–Crippen LogP) is 3.60. The van der Waals surface area contributed by atoms with Crippen molar-refractivity contribution < 1.29 is 18.7 Å². The highest BCUT2D eigenvalue weighted by Gasteiger charge is 2.36. The van der Waals surface area contributed by atoms with Crippen molar-refractivity contribution in [2.24, 2.45) is 0 Å². The summed E-state index contributed by atoms with van der Waals surface area (Å²) in [4.78, 5) is 11.7. The number of rotatable bonds is 4. The summed E-state index contributed by atoms with van der Waals surface area (Å²) in [6.07, 6.45) is 0. The van der Waals surface area contributed by atoms with Crippen molar-refractivity contribution in [2.45, 2.75) is 19.5 Å². The largest absolute Gasteiger partial charge is 0.497 e. The van der Waals surface area contributed by atoms with Crippen molar-refractivity contribution >= 4 is 16.7 Å². The maximum Gasteiger partial charge on any atom is 0.348 e. The van der Waals surface area contributed by atoms with Crippen LogP contribution in [0.15, 0.2) is 36.4 Å². The van der Waals surface area contributed by atoms with E-state index in [1.165, 1.54) is 6.92 Å². The Labute approximate surface area is 117 Å². The lowest BCUT2D eigenvalue weighted by Gasteiger charge is -2.19. The van der Waals surface area contributed by atoms with Crippen LogP contribution < -0.4 is 4.74 Å². The Balaban J connectivity index is 2.43. The van der Waals surface area contributed by atoms with E-state index < -0.39 is 11.6 Å². The number of methoxy groups -OCH3 is 1. The number of esters is 1. The molecule has 0 aliphatic heterocycles. The van der Waals surface area contributed by atoms with Crippen LogP contribution >= 0.6 is 0 Å². The quantitative estimate of drug-likeness (QED) is 0.800. The maximum absolute atomic E-state index is 14.6. The number of alkyl halides is 1. The fourth-order valence-electron chi connectivity index (χ4n) is 2.03. The molecule has 4 heteroatoms. The van der Waals surface area contributed by atoms with Gasteiger partial charge in [-0.15, -0.1) is 0 Å². The fourth-order valence-corrected chi connectivity index (χ4v) is 2.03. The van der Waals surface area contributed by atoms with E-state index in [1.807, 2.05) is 12.1 Å². The van der Waals surface area contributed by atoms with E-state index in [9.17, 15) is 9.18 Å². The van der Waals surface area contributed by atoms with Crippen molar-refractivity contribution in [2.75, 3.05) is 13.7 Å². The molecule has 0 bridgehead atoms. The molecule has 2 aromatic rings. The molecule has 1 atom stereocenters. The molecule has 3 nitrogen and oxygen atoms in total. The maximum atomic E-state index is 14.6. The molecule has 0 heterocycles. The average Bonchev–Trinajstić information content (AvgIpc) is 2.46. The molecular weight excluding hydrogens is 259 g/mol. The SMILES string of the molecule is CCOC(=O)[C@@](C)(F)c1ccc2cc(OC)ccc2c1. The normalized spacial score (nSPS) is 13.8. The van der Waals surface area contributed by atoms with Crippen molar-refractivity contribution in [3.8, 4) is 5.75 Å². The minimum Gasteiger partial charge on any atom is -0.497 e. The number of benzene rings is 2. The average molecular weight is 276 g/mol. The standard InChI is InChI=1S/C16H17FO3/c1-4-20-15(18)16(2,17)13-7-5-12-10-14(19-3)8-6-11(12)9-13/h5-10H,4H2,1-3H3/t16-/m0/s1. The van der Waals surface area contributed by atoms with Gasteiger partial charge in [-0.3, -0.25) is 0 Å². The van der Waals surface area contributed by atoms with Gasteiger partial charge in [-0.25, -0.2) is 9.18 Å². The Morgan fingerprint density at radius 2 is 1.85 bits per heavy atom. The monoisotopic (exact) mass is 276 g/mol. The summed E-state index contributed by atoms with van der Waals surface area (Å²) in [7, 11) is 1.59. The van der Waals surface area contributed by atoms with E-state index in [1.54, 1.807) is 38.3 Å². The van der Waals surface area contributed by atoms with E-state index in [0.29, 0.717) is 0 Å².